The van der Waals surface area contributed by atoms with Gasteiger partial charge in [-0.1, -0.05) is 348 Å². The monoisotopic (exact) mass is 1880 g/mol. The molecule has 0 aliphatic rings. The molecule has 6 nitrogen and oxygen atoms in total. The second kappa shape index (κ2) is 38.4. The van der Waals surface area contributed by atoms with E-state index in [1.54, 1.807) is 24.3 Å². The van der Waals surface area contributed by atoms with Gasteiger partial charge in [-0.15, -0.1) is 0 Å². The molecular weight excluding hydrogens is 1780 g/mol. The molecule has 24 aromatic carbocycles. The molecule has 0 aliphatic heterocycles. The summed E-state index contributed by atoms with van der Waals surface area (Å²) in [6, 6.07) is 166. The van der Waals surface area contributed by atoms with Gasteiger partial charge >= 0.3 is 0 Å². The number of para-hydroxylation sites is 2. The van der Waals surface area contributed by atoms with E-state index >= 15 is 8.78 Å². The fraction of sp³-hybridized carbons (Fsp3) is 0.0580. The average Bonchev–Trinajstić information content (AvgIpc) is 0.731. The van der Waals surface area contributed by atoms with E-state index in [-0.39, 0.29) is 11.6 Å². The Morgan fingerprint density at radius 1 is 0.164 bits per heavy atom. The molecule has 0 N–H and O–H groups in total. The molecule has 0 amide bonds. The number of anilines is 12. The lowest BCUT2D eigenvalue weighted by atomic mass is 9.91. The van der Waals surface area contributed by atoms with Crippen molar-refractivity contribution in [2.75, 3.05) is 19.6 Å². The van der Waals surface area contributed by atoms with Gasteiger partial charge in [-0.25, -0.2) is 8.78 Å². The van der Waals surface area contributed by atoms with Crippen LogP contribution >= 0.6 is 0 Å². The van der Waals surface area contributed by atoms with Gasteiger partial charge in [-0.05, 0) is 345 Å². The Kier molecular flexibility index (Phi) is 24.0. The zero-order chi connectivity index (χ0) is 99.5. The number of halogens is 2. The van der Waals surface area contributed by atoms with Gasteiger partial charge < -0.3 is 19.6 Å². The highest BCUT2D eigenvalue weighted by molar-refractivity contribution is 6.30. The Morgan fingerprint density at radius 3 is 0.575 bits per heavy atom. The second-order valence-electron chi connectivity index (χ2n) is 38.7. The zero-order valence-corrected chi connectivity index (χ0v) is 82.3. The highest BCUT2D eigenvalue weighted by Crippen LogP contribution is 2.54. The van der Waals surface area contributed by atoms with Gasteiger partial charge in [0.05, 0.1) is 45.3 Å². The fourth-order valence-corrected chi connectivity index (χ4v) is 21.0. The summed E-state index contributed by atoms with van der Waals surface area (Å²) in [6.07, 6.45) is 0. The third-order valence-electron chi connectivity index (χ3n) is 28.6. The summed E-state index contributed by atoms with van der Waals surface area (Å²) in [4.78, 5) is 8.96. The lowest BCUT2D eigenvalue weighted by Gasteiger charge is -2.31. The minimum absolute atomic E-state index is 0.317. The Labute approximate surface area is 850 Å². The van der Waals surface area contributed by atoms with E-state index in [1.165, 1.54) is 56.6 Å². The number of hydrogen-bond acceptors (Lipinski definition) is 6. The van der Waals surface area contributed by atoms with Crippen LogP contribution in [-0.4, -0.2) is 0 Å². The Hall–Kier alpha value is -18.6. The first-order valence-corrected chi connectivity index (χ1v) is 49.6. The standard InChI is InChI=1S/C70H50N4.C68H50F2N2/c1-45-13-21-49(22-14-45)57-37-58(50-23-15-46(2)16-24-50)40-61(39-57)73(65-11-7-5-9-55(65)43-71)67-35-31-53-30-34-64-68(36-32-54-29-33-63(67)69(53)70(54)64)74(66-12-8-6-10-56(66)44-72)62-41-59(51-25-17-47(3)18-26-51)38-60(42-62)52-27-19-48(4)20-28-52;1-43-11-19-47(20-12-43)53-35-54(48-21-13-44(2)14-22-48)38-61(37-53)71(59-9-5-7-57(69)41-59)65-33-29-51-28-32-64-66(34-30-52-27-31-63(65)67(51)68(52)64)72(60-10-6-8-58(70)42-60)62-39-55(49-23-15-45(3)16-24-49)36-56(40-62)50-25-17-46(4)18-26-50/h5-42H,1-4H3;5-42H,1-4H3. The first-order chi connectivity index (χ1) is 71.3. The van der Waals surface area contributed by atoms with Crippen molar-refractivity contribution in [1.29, 1.82) is 10.5 Å². The van der Waals surface area contributed by atoms with Gasteiger partial charge in [-0.2, -0.15) is 10.5 Å². The molecule has 0 aromatic heterocycles. The molecule has 0 unspecified atom stereocenters. The third-order valence-corrected chi connectivity index (χ3v) is 28.6. The molecule has 24 rings (SSSR count). The van der Waals surface area contributed by atoms with Gasteiger partial charge in [0.1, 0.15) is 23.8 Å². The predicted octanol–water partition coefficient (Wildman–Crippen LogP) is 38.9. The van der Waals surface area contributed by atoms with Crippen LogP contribution < -0.4 is 19.6 Å². The van der Waals surface area contributed by atoms with E-state index < -0.39 is 0 Å². The van der Waals surface area contributed by atoms with Crippen LogP contribution in [0.5, 0.6) is 0 Å². The van der Waals surface area contributed by atoms with E-state index in [4.69, 9.17) is 0 Å². The van der Waals surface area contributed by atoms with Crippen molar-refractivity contribution in [2.45, 2.75) is 55.4 Å². The molecule has 696 valence electrons. The minimum Gasteiger partial charge on any atom is -0.310 e. The first-order valence-electron chi connectivity index (χ1n) is 49.6. The maximum Gasteiger partial charge on any atom is 0.125 e. The van der Waals surface area contributed by atoms with E-state index in [1.807, 2.05) is 48.5 Å². The number of benzene rings is 24. The number of hydrogen-bond donors (Lipinski definition) is 0. The highest BCUT2D eigenvalue weighted by atomic mass is 19.1. The lowest BCUT2D eigenvalue weighted by Crippen LogP contribution is -2.13. The molecule has 0 heterocycles. The topological polar surface area (TPSA) is 60.5 Å². The molecule has 0 saturated heterocycles. The van der Waals surface area contributed by atoms with Crippen molar-refractivity contribution in [3.63, 3.8) is 0 Å². The van der Waals surface area contributed by atoms with Crippen molar-refractivity contribution in [2.24, 2.45) is 0 Å². The molecule has 0 saturated carbocycles. The predicted molar refractivity (Wildman–Crippen MR) is 610 cm³/mol. The number of aryl methyl sites for hydroxylation is 8. The van der Waals surface area contributed by atoms with Gasteiger partial charge in [0, 0.05) is 55.7 Å². The maximum absolute atomic E-state index is 15.6. The SMILES string of the molecule is Cc1ccc(-c2cc(-c3ccc(C)cc3)cc(N(c3cccc(F)c3)c3ccc4ccc5c(N(c6cccc(F)c6)c6cc(-c7ccc(C)cc7)cc(-c7ccc(C)cc7)c6)ccc6ccc3c4c65)c2)cc1.Cc1ccc(-c2cc(-c3ccc(C)cc3)cc(N(c3ccccc3C#N)c3ccc4ccc5c(N(c6cc(-c7ccc(C)cc7)cc(-c7ccc(C)cc7)c6)c6ccccc6C#N)ccc6ccc3c4c65)c2)cc1. The molecule has 0 bridgehead atoms. The molecular formula is C138H100F2N6. The van der Waals surface area contributed by atoms with Gasteiger partial charge in [0.15, 0.2) is 0 Å². The number of nitrogens with zero attached hydrogens (tertiary/aromatic N) is 6. The molecule has 0 aliphatic carbocycles. The zero-order valence-electron chi connectivity index (χ0n) is 82.3. The second-order valence-corrected chi connectivity index (χ2v) is 38.7. The smallest absolute Gasteiger partial charge is 0.125 e. The van der Waals surface area contributed by atoms with E-state index in [2.05, 4.69) is 463 Å². The molecule has 0 fully saturated rings. The summed E-state index contributed by atoms with van der Waals surface area (Å²) in [5.41, 5.74) is 38.5. The summed E-state index contributed by atoms with van der Waals surface area (Å²) < 4.78 is 31.2. The Balaban J connectivity index is 0.000000161. The van der Waals surface area contributed by atoms with Crippen molar-refractivity contribution >= 4 is 133 Å². The van der Waals surface area contributed by atoms with E-state index in [0.717, 1.165) is 211 Å². The van der Waals surface area contributed by atoms with Crippen LogP contribution in [0.4, 0.5) is 77.0 Å². The Bertz CT molecular complexity index is 8430. The number of rotatable bonds is 20. The Morgan fingerprint density at radius 2 is 0.363 bits per heavy atom. The minimum atomic E-state index is -0.317. The number of nitriles is 2. The molecule has 0 atom stereocenters. The third kappa shape index (κ3) is 17.7. The van der Waals surface area contributed by atoms with Crippen molar-refractivity contribution in [3.8, 4) is 101 Å². The molecule has 0 radical (unpaired) electrons. The molecule has 24 aromatic rings. The van der Waals surface area contributed by atoms with Crippen LogP contribution in [0.15, 0.2) is 461 Å². The molecule has 0 spiro atoms. The van der Waals surface area contributed by atoms with Crippen molar-refractivity contribution < 1.29 is 8.78 Å². The van der Waals surface area contributed by atoms with Crippen LogP contribution in [0.25, 0.3) is 154 Å². The van der Waals surface area contributed by atoms with Crippen LogP contribution in [0.1, 0.15) is 55.6 Å². The summed E-state index contributed by atoms with van der Waals surface area (Å²) in [7, 11) is 0. The van der Waals surface area contributed by atoms with Crippen LogP contribution in [0, 0.1) is 89.7 Å². The van der Waals surface area contributed by atoms with Crippen LogP contribution in [-0.2, 0) is 0 Å². The largest absolute Gasteiger partial charge is 0.310 e. The van der Waals surface area contributed by atoms with Crippen LogP contribution in [0.3, 0.4) is 0 Å². The summed E-state index contributed by atoms with van der Waals surface area (Å²) in [6.45, 7) is 16.9. The lowest BCUT2D eigenvalue weighted by molar-refractivity contribution is 0.627. The van der Waals surface area contributed by atoms with Crippen molar-refractivity contribution in [3.05, 3.63) is 528 Å². The first kappa shape index (κ1) is 91.2. The van der Waals surface area contributed by atoms with Gasteiger partial charge in [0.25, 0.3) is 0 Å². The quantitative estimate of drug-likeness (QED) is 0.0709. The highest BCUT2D eigenvalue weighted by Gasteiger charge is 2.30. The summed E-state index contributed by atoms with van der Waals surface area (Å²) >= 11 is 0. The van der Waals surface area contributed by atoms with Gasteiger partial charge in [-0.3, -0.25) is 0 Å². The summed E-state index contributed by atoms with van der Waals surface area (Å²) in [5, 5.41) is 34.5. The van der Waals surface area contributed by atoms with Crippen molar-refractivity contribution in [1.82, 2.24) is 0 Å². The van der Waals surface area contributed by atoms with Gasteiger partial charge in [0.2, 0.25) is 0 Å². The van der Waals surface area contributed by atoms with E-state index in [9.17, 15) is 10.5 Å². The molecule has 8 heteroatoms. The van der Waals surface area contributed by atoms with Crippen LogP contribution in [0.2, 0.25) is 0 Å². The fourth-order valence-electron chi connectivity index (χ4n) is 21.0. The molecule has 146 heavy (non-hydrogen) atoms. The normalized spacial score (nSPS) is 11.3. The summed E-state index contributed by atoms with van der Waals surface area (Å²) in [5.74, 6) is -0.634. The maximum atomic E-state index is 15.6. The van der Waals surface area contributed by atoms with E-state index in [0.29, 0.717) is 22.5 Å². The average molecular weight is 1880 g/mol.